The fraction of sp³-hybridized carbons (Fsp3) is 0.412. The maximum atomic E-state index is 12.7. The van der Waals surface area contributed by atoms with Crippen LogP contribution >= 0.6 is 0 Å². The highest BCUT2D eigenvalue weighted by Crippen LogP contribution is 2.39. The van der Waals surface area contributed by atoms with Gasteiger partial charge in [0.1, 0.15) is 0 Å². The normalized spacial score (nSPS) is 31.4. The second-order valence-corrected chi connectivity index (χ2v) is 8.09. The Morgan fingerprint density at radius 2 is 1.86 bits per heavy atom. The summed E-state index contributed by atoms with van der Waals surface area (Å²) >= 11 is 0. The lowest BCUT2D eigenvalue weighted by Gasteiger charge is -2.26. The zero-order valence-corrected chi connectivity index (χ0v) is 12.5. The number of benzene rings is 1. The van der Waals surface area contributed by atoms with Gasteiger partial charge in [-0.3, -0.25) is 14.0 Å². The number of hydrogen-bond acceptors (Lipinski definition) is 3. The second-order valence-electron chi connectivity index (χ2n) is 6.10. The van der Waals surface area contributed by atoms with Gasteiger partial charge in [-0.2, -0.15) is 0 Å². The number of para-hydroxylation sites is 1. The molecule has 2 aliphatic rings. The molecule has 2 unspecified atom stereocenters. The van der Waals surface area contributed by atoms with Gasteiger partial charge in [0.2, 0.25) is 0 Å². The highest BCUT2D eigenvalue weighted by molar-refractivity contribution is 7.86. The van der Waals surface area contributed by atoms with Crippen LogP contribution in [-0.2, 0) is 10.8 Å². The zero-order chi connectivity index (χ0) is 14.4. The Morgan fingerprint density at radius 3 is 2.62 bits per heavy atom. The van der Waals surface area contributed by atoms with Crippen molar-refractivity contribution in [3.63, 3.8) is 0 Å². The molecule has 0 amide bonds. The number of ketones is 1. The van der Waals surface area contributed by atoms with Crippen molar-refractivity contribution < 1.29 is 9.00 Å². The first-order valence-corrected chi connectivity index (χ1v) is 8.78. The first kappa shape index (κ1) is 13.1. The van der Waals surface area contributed by atoms with E-state index in [2.05, 4.69) is 4.98 Å². The lowest BCUT2D eigenvalue weighted by molar-refractivity contribution is 0.0906. The Hall–Kier alpha value is -1.55. The summed E-state index contributed by atoms with van der Waals surface area (Å²) in [6.07, 6.45) is 5.32. The summed E-state index contributed by atoms with van der Waals surface area (Å²) in [4.78, 5) is 17.1. The third-order valence-electron chi connectivity index (χ3n) is 4.81. The van der Waals surface area contributed by atoms with Gasteiger partial charge in [-0.1, -0.05) is 18.2 Å². The van der Waals surface area contributed by atoms with Crippen LogP contribution in [0.4, 0.5) is 0 Å². The van der Waals surface area contributed by atoms with Crippen molar-refractivity contribution in [1.82, 2.24) is 4.98 Å². The molecule has 4 rings (SSSR count). The molecule has 2 aromatic rings. The molecule has 0 spiro atoms. The summed E-state index contributed by atoms with van der Waals surface area (Å²) in [7, 11) is -0.702. The van der Waals surface area contributed by atoms with Gasteiger partial charge in [-0.25, -0.2) is 0 Å². The number of carbonyl (C=O) groups is 1. The molecule has 21 heavy (non-hydrogen) atoms. The Kier molecular flexibility index (Phi) is 3.14. The van der Waals surface area contributed by atoms with E-state index in [1.165, 1.54) is 0 Å². The van der Waals surface area contributed by atoms with Crippen LogP contribution in [0.2, 0.25) is 0 Å². The number of Topliss-reactive ketones (excluding diaryl/α,β-unsaturated/α-hetero) is 1. The van der Waals surface area contributed by atoms with E-state index in [4.69, 9.17) is 0 Å². The molecular weight excluding hydrogens is 282 g/mol. The fourth-order valence-electron chi connectivity index (χ4n) is 3.69. The summed E-state index contributed by atoms with van der Waals surface area (Å²) in [5.74, 6) is 0.213. The first-order valence-electron chi connectivity index (χ1n) is 7.51. The van der Waals surface area contributed by atoms with Crippen molar-refractivity contribution in [3.05, 3.63) is 42.1 Å². The molecule has 0 radical (unpaired) electrons. The smallest absolute Gasteiger partial charge is 0.167 e. The number of carbonyl (C=O) groups excluding carboxylic acids is 1. The van der Waals surface area contributed by atoms with E-state index in [0.29, 0.717) is 5.56 Å². The van der Waals surface area contributed by atoms with Gasteiger partial charge < -0.3 is 0 Å². The molecule has 0 saturated carbocycles. The molecule has 0 N–H and O–H groups in total. The van der Waals surface area contributed by atoms with Crippen LogP contribution in [0, 0.1) is 5.92 Å². The first-order chi connectivity index (χ1) is 10.2. The molecule has 2 fully saturated rings. The van der Waals surface area contributed by atoms with Crippen LogP contribution < -0.4 is 0 Å². The highest BCUT2D eigenvalue weighted by Gasteiger charge is 2.42. The van der Waals surface area contributed by atoms with Crippen LogP contribution in [0.15, 0.2) is 36.5 Å². The second kappa shape index (κ2) is 5.02. The zero-order valence-electron chi connectivity index (χ0n) is 11.7. The number of fused-ring (bicyclic) bond motifs is 3. The van der Waals surface area contributed by atoms with Gasteiger partial charge in [0.25, 0.3) is 0 Å². The Bertz CT molecular complexity index is 726. The van der Waals surface area contributed by atoms with Gasteiger partial charge >= 0.3 is 0 Å². The standard InChI is InChI=1S/C17H17NO2S/c19-17(12-8-14-5-6-15(9-12)21(14)20)13-7-11-3-1-2-4-16(11)18-10-13/h1-4,7,10,12,14-15H,5-6,8-9H2. The van der Waals surface area contributed by atoms with E-state index in [1.807, 2.05) is 30.3 Å². The molecule has 3 nitrogen and oxygen atoms in total. The average molecular weight is 299 g/mol. The molecule has 0 aliphatic carbocycles. The van der Waals surface area contributed by atoms with Crippen LogP contribution in [0.1, 0.15) is 36.0 Å². The predicted octanol–water partition coefficient (Wildman–Crippen LogP) is 3.11. The molecule has 3 heterocycles. The highest BCUT2D eigenvalue weighted by atomic mass is 32.2. The lowest BCUT2D eigenvalue weighted by Crippen LogP contribution is -2.32. The van der Waals surface area contributed by atoms with Crippen molar-refractivity contribution in [3.8, 4) is 0 Å². The van der Waals surface area contributed by atoms with Gasteiger partial charge in [-0.05, 0) is 37.8 Å². The molecule has 1 aromatic heterocycles. The minimum absolute atomic E-state index is 0.0307. The predicted molar refractivity (Wildman–Crippen MR) is 83.7 cm³/mol. The van der Waals surface area contributed by atoms with Gasteiger partial charge in [-0.15, -0.1) is 0 Å². The average Bonchev–Trinajstić information content (AvgIpc) is 2.75. The van der Waals surface area contributed by atoms with E-state index in [9.17, 15) is 9.00 Å². The summed E-state index contributed by atoms with van der Waals surface area (Å²) in [6.45, 7) is 0. The number of nitrogens with zero attached hydrogens (tertiary/aromatic N) is 1. The number of hydrogen-bond donors (Lipinski definition) is 0. The van der Waals surface area contributed by atoms with Crippen LogP contribution in [0.3, 0.4) is 0 Å². The minimum Gasteiger partial charge on any atom is -0.294 e. The topological polar surface area (TPSA) is 47.0 Å². The molecule has 4 heteroatoms. The van der Waals surface area contributed by atoms with Crippen LogP contribution in [-0.4, -0.2) is 25.5 Å². The summed E-state index contributed by atoms with van der Waals surface area (Å²) < 4.78 is 12.1. The van der Waals surface area contributed by atoms with Crippen molar-refractivity contribution in [1.29, 1.82) is 0 Å². The minimum atomic E-state index is -0.702. The number of aromatic nitrogens is 1. The SMILES string of the molecule is O=C(c1cnc2ccccc2c1)C1CC2CCC(C1)S2=O. The Morgan fingerprint density at radius 1 is 1.14 bits per heavy atom. The van der Waals surface area contributed by atoms with Crippen molar-refractivity contribution in [2.75, 3.05) is 0 Å². The molecule has 1 aromatic carbocycles. The van der Waals surface area contributed by atoms with Crippen molar-refractivity contribution in [2.24, 2.45) is 5.92 Å². The van der Waals surface area contributed by atoms with Crippen molar-refractivity contribution >= 4 is 27.5 Å². The van der Waals surface area contributed by atoms with E-state index >= 15 is 0 Å². The maximum Gasteiger partial charge on any atom is 0.167 e. The molecule has 2 atom stereocenters. The van der Waals surface area contributed by atoms with Gasteiger partial charge in [0, 0.05) is 44.4 Å². The number of pyridine rings is 1. The summed E-state index contributed by atoms with van der Waals surface area (Å²) in [5.41, 5.74) is 1.62. The van der Waals surface area contributed by atoms with Crippen LogP contribution in [0.25, 0.3) is 10.9 Å². The largest absolute Gasteiger partial charge is 0.294 e. The van der Waals surface area contributed by atoms with Crippen LogP contribution in [0.5, 0.6) is 0 Å². The summed E-state index contributed by atoms with van der Waals surface area (Å²) in [6, 6.07) is 9.79. The molecule has 2 bridgehead atoms. The summed E-state index contributed by atoms with van der Waals surface area (Å²) in [5, 5.41) is 1.49. The van der Waals surface area contributed by atoms with Gasteiger partial charge in [0.05, 0.1) is 5.52 Å². The monoisotopic (exact) mass is 299 g/mol. The van der Waals surface area contributed by atoms with E-state index in [0.717, 1.165) is 36.6 Å². The Labute approximate surface area is 126 Å². The molecular formula is C17H17NO2S. The molecule has 108 valence electrons. The van der Waals surface area contributed by atoms with Crippen molar-refractivity contribution in [2.45, 2.75) is 36.2 Å². The van der Waals surface area contributed by atoms with E-state index < -0.39 is 10.8 Å². The molecule has 2 saturated heterocycles. The van der Waals surface area contributed by atoms with E-state index in [-0.39, 0.29) is 22.2 Å². The quantitative estimate of drug-likeness (QED) is 0.801. The van der Waals surface area contributed by atoms with Gasteiger partial charge in [0.15, 0.2) is 5.78 Å². The fourth-order valence-corrected chi connectivity index (χ4v) is 5.81. The van der Waals surface area contributed by atoms with E-state index in [1.54, 1.807) is 6.20 Å². The lowest BCUT2D eigenvalue weighted by atomic mass is 9.90. The Balaban J connectivity index is 1.63. The maximum absolute atomic E-state index is 12.7. The third kappa shape index (κ3) is 2.22. The third-order valence-corrected chi connectivity index (χ3v) is 6.98. The number of rotatable bonds is 2. The molecule has 2 aliphatic heterocycles.